The predicted octanol–water partition coefficient (Wildman–Crippen LogP) is 2.31. The number of alkyl halides is 1. The molecule has 0 aromatic rings. The van der Waals surface area contributed by atoms with Gasteiger partial charge in [0.05, 0.1) is 0 Å². The lowest BCUT2D eigenvalue weighted by Crippen LogP contribution is -2.35. The average Bonchev–Trinajstić information content (AvgIpc) is 2.10. The molecular weight excluding hydrogens is 174 g/mol. The Morgan fingerprint density at radius 2 is 2.17 bits per heavy atom. The molecule has 0 heterocycles. The van der Waals surface area contributed by atoms with E-state index in [1.54, 1.807) is 0 Å². The van der Waals surface area contributed by atoms with Crippen LogP contribution in [0.4, 0.5) is 0 Å². The number of hydrogen-bond donors (Lipinski definition) is 1. The molecule has 1 N–H and O–H groups in total. The van der Waals surface area contributed by atoms with Crippen molar-refractivity contribution < 1.29 is 4.79 Å². The molecular formula is C9H18ClNO. The van der Waals surface area contributed by atoms with Gasteiger partial charge in [-0.2, -0.15) is 0 Å². The van der Waals surface area contributed by atoms with Crippen LogP contribution in [0, 0.1) is 0 Å². The first-order valence-corrected chi connectivity index (χ1v) is 5.13. The fraction of sp³-hybridized carbons (Fsp3) is 0.889. The van der Waals surface area contributed by atoms with E-state index in [2.05, 4.69) is 12.2 Å². The van der Waals surface area contributed by atoms with Gasteiger partial charge in [0, 0.05) is 18.3 Å². The van der Waals surface area contributed by atoms with Gasteiger partial charge in [0.1, 0.15) is 0 Å². The van der Waals surface area contributed by atoms with Crippen molar-refractivity contribution in [1.29, 1.82) is 0 Å². The number of carbonyl (C=O) groups excluding carboxylic acids is 1. The third kappa shape index (κ3) is 5.42. The molecule has 0 spiro atoms. The second-order valence-electron chi connectivity index (χ2n) is 2.93. The third-order valence-corrected chi connectivity index (χ3v) is 2.17. The van der Waals surface area contributed by atoms with Crippen molar-refractivity contribution >= 4 is 17.5 Å². The van der Waals surface area contributed by atoms with Crippen LogP contribution >= 0.6 is 11.6 Å². The minimum absolute atomic E-state index is 0.129. The maximum atomic E-state index is 11.2. The first-order chi connectivity index (χ1) is 5.74. The Kier molecular flexibility index (Phi) is 7.26. The van der Waals surface area contributed by atoms with Crippen molar-refractivity contribution in [3.63, 3.8) is 0 Å². The Labute approximate surface area is 79.7 Å². The largest absolute Gasteiger partial charge is 0.352 e. The van der Waals surface area contributed by atoms with Crippen LogP contribution in [0.5, 0.6) is 0 Å². The summed E-state index contributed by atoms with van der Waals surface area (Å²) in [6, 6.07) is 0.149. The predicted molar refractivity (Wildman–Crippen MR) is 52.5 cm³/mol. The van der Waals surface area contributed by atoms with Crippen molar-refractivity contribution in [3.05, 3.63) is 0 Å². The maximum absolute atomic E-state index is 11.2. The molecule has 1 unspecified atom stereocenters. The standard InChI is InChI=1S/C9H18ClNO/c1-3-5-6-9(12)11-8(4-2)7-10/h8H,3-7H2,1-2H3,(H,11,12). The van der Waals surface area contributed by atoms with Gasteiger partial charge >= 0.3 is 0 Å². The van der Waals surface area contributed by atoms with E-state index >= 15 is 0 Å². The van der Waals surface area contributed by atoms with Crippen LogP contribution in [0.3, 0.4) is 0 Å². The Morgan fingerprint density at radius 1 is 1.50 bits per heavy atom. The molecule has 0 saturated carbocycles. The summed E-state index contributed by atoms with van der Waals surface area (Å²) in [5, 5.41) is 2.88. The van der Waals surface area contributed by atoms with Crippen molar-refractivity contribution in [2.45, 2.75) is 45.6 Å². The van der Waals surface area contributed by atoms with Crippen LogP contribution in [-0.4, -0.2) is 17.8 Å². The summed E-state index contributed by atoms with van der Waals surface area (Å²) in [7, 11) is 0. The summed E-state index contributed by atoms with van der Waals surface area (Å²) in [5.41, 5.74) is 0. The van der Waals surface area contributed by atoms with Crippen LogP contribution < -0.4 is 5.32 Å². The van der Waals surface area contributed by atoms with Crippen LogP contribution in [0.25, 0.3) is 0 Å². The van der Waals surface area contributed by atoms with E-state index < -0.39 is 0 Å². The maximum Gasteiger partial charge on any atom is 0.220 e. The molecule has 1 amide bonds. The van der Waals surface area contributed by atoms with E-state index in [4.69, 9.17) is 11.6 Å². The van der Waals surface area contributed by atoms with Gasteiger partial charge in [-0.3, -0.25) is 4.79 Å². The van der Waals surface area contributed by atoms with E-state index in [0.717, 1.165) is 19.3 Å². The molecule has 3 heteroatoms. The summed E-state index contributed by atoms with van der Waals surface area (Å²) in [5.74, 6) is 0.637. The number of unbranched alkanes of at least 4 members (excludes halogenated alkanes) is 1. The SMILES string of the molecule is CCCCC(=O)NC(CC)CCl. The van der Waals surface area contributed by atoms with Gasteiger partial charge < -0.3 is 5.32 Å². The lowest BCUT2D eigenvalue weighted by molar-refractivity contribution is -0.121. The Balaban J connectivity index is 3.52. The van der Waals surface area contributed by atoms with Crippen LogP contribution in [0.15, 0.2) is 0 Å². The lowest BCUT2D eigenvalue weighted by Gasteiger charge is -2.13. The Morgan fingerprint density at radius 3 is 2.58 bits per heavy atom. The summed E-state index contributed by atoms with van der Waals surface area (Å²) in [6.07, 6.45) is 3.56. The molecule has 72 valence electrons. The van der Waals surface area contributed by atoms with Crippen molar-refractivity contribution in [3.8, 4) is 0 Å². The van der Waals surface area contributed by atoms with Crippen molar-refractivity contribution in [1.82, 2.24) is 5.32 Å². The van der Waals surface area contributed by atoms with Crippen LogP contribution in [0.1, 0.15) is 39.5 Å². The van der Waals surface area contributed by atoms with E-state index in [9.17, 15) is 4.79 Å². The van der Waals surface area contributed by atoms with Gasteiger partial charge in [0.2, 0.25) is 5.91 Å². The Bertz CT molecular complexity index is 124. The summed E-state index contributed by atoms with van der Waals surface area (Å²) >= 11 is 5.63. The molecule has 1 atom stereocenters. The summed E-state index contributed by atoms with van der Waals surface area (Å²) < 4.78 is 0. The van der Waals surface area contributed by atoms with E-state index in [1.165, 1.54) is 0 Å². The minimum atomic E-state index is 0.129. The molecule has 2 nitrogen and oxygen atoms in total. The lowest BCUT2D eigenvalue weighted by atomic mass is 10.2. The highest BCUT2D eigenvalue weighted by Gasteiger charge is 2.07. The monoisotopic (exact) mass is 191 g/mol. The summed E-state index contributed by atoms with van der Waals surface area (Å²) in [4.78, 5) is 11.2. The smallest absolute Gasteiger partial charge is 0.220 e. The van der Waals surface area contributed by atoms with Gasteiger partial charge in [0.25, 0.3) is 0 Å². The molecule has 0 saturated heterocycles. The van der Waals surface area contributed by atoms with Gasteiger partial charge in [-0.15, -0.1) is 11.6 Å². The zero-order valence-corrected chi connectivity index (χ0v) is 8.66. The van der Waals surface area contributed by atoms with E-state index in [1.807, 2.05) is 6.92 Å². The van der Waals surface area contributed by atoms with Crippen molar-refractivity contribution in [2.24, 2.45) is 0 Å². The fourth-order valence-corrected chi connectivity index (χ4v) is 1.18. The molecule has 0 aromatic heterocycles. The molecule has 0 aromatic carbocycles. The first kappa shape index (κ1) is 11.8. The van der Waals surface area contributed by atoms with Gasteiger partial charge in [-0.25, -0.2) is 0 Å². The zero-order valence-electron chi connectivity index (χ0n) is 7.90. The number of hydrogen-bond acceptors (Lipinski definition) is 1. The zero-order chi connectivity index (χ0) is 9.40. The molecule has 12 heavy (non-hydrogen) atoms. The highest BCUT2D eigenvalue weighted by Crippen LogP contribution is 1.98. The molecule has 0 bridgehead atoms. The second-order valence-corrected chi connectivity index (χ2v) is 3.24. The molecule has 0 rings (SSSR count). The number of halogens is 1. The van der Waals surface area contributed by atoms with Crippen LogP contribution in [0.2, 0.25) is 0 Å². The van der Waals surface area contributed by atoms with Crippen LogP contribution in [-0.2, 0) is 4.79 Å². The first-order valence-electron chi connectivity index (χ1n) is 4.59. The number of carbonyl (C=O) groups is 1. The topological polar surface area (TPSA) is 29.1 Å². The van der Waals surface area contributed by atoms with Gasteiger partial charge in [-0.1, -0.05) is 20.3 Å². The highest BCUT2D eigenvalue weighted by atomic mass is 35.5. The quantitative estimate of drug-likeness (QED) is 0.642. The normalized spacial score (nSPS) is 12.6. The second kappa shape index (κ2) is 7.41. The van der Waals surface area contributed by atoms with Gasteiger partial charge in [-0.05, 0) is 12.8 Å². The van der Waals surface area contributed by atoms with E-state index in [0.29, 0.717) is 12.3 Å². The number of nitrogens with one attached hydrogen (secondary N) is 1. The third-order valence-electron chi connectivity index (χ3n) is 1.80. The molecule has 0 aliphatic rings. The fourth-order valence-electron chi connectivity index (χ4n) is 0.887. The van der Waals surface area contributed by atoms with Gasteiger partial charge in [0.15, 0.2) is 0 Å². The minimum Gasteiger partial charge on any atom is -0.352 e. The number of amides is 1. The Hall–Kier alpha value is -0.240. The number of rotatable bonds is 6. The molecule has 0 aliphatic heterocycles. The highest BCUT2D eigenvalue weighted by molar-refractivity contribution is 6.18. The molecule has 0 radical (unpaired) electrons. The molecule has 0 fully saturated rings. The average molecular weight is 192 g/mol. The van der Waals surface area contributed by atoms with E-state index in [-0.39, 0.29) is 11.9 Å². The molecule has 0 aliphatic carbocycles. The van der Waals surface area contributed by atoms with Crippen molar-refractivity contribution in [2.75, 3.05) is 5.88 Å². The summed E-state index contributed by atoms with van der Waals surface area (Å²) in [6.45, 7) is 4.10.